The number of carbonyl (C=O) groups excluding carboxylic acids is 2. The summed E-state index contributed by atoms with van der Waals surface area (Å²) in [4.78, 5) is 24.2. The molecule has 5 nitrogen and oxygen atoms in total. The normalized spacial score (nSPS) is 11.5. The van der Waals surface area contributed by atoms with Crippen molar-refractivity contribution in [3.8, 4) is 5.75 Å². The van der Waals surface area contributed by atoms with E-state index < -0.39 is 12.0 Å². The van der Waals surface area contributed by atoms with Gasteiger partial charge in [-0.15, -0.1) is 0 Å². The van der Waals surface area contributed by atoms with Gasteiger partial charge >= 0.3 is 5.97 Å². The van der Waals surface area contributed by atoms with E-state index in [2.05, 4.69) is 5.32 Å². The van der Waals surface area contributed by atoms with Crippen LogP contribution in [-0.4, -0.2) is 25.6 Å². The second-order valence-electron chi connectivity index (χ2n) is 5.68. The van der Waals surface area contributed by atoms with Crippen LogP contribution in [0.3, 0.4) is 0 Å². The van der Waals surface area contributed by atoms with Crippen LogP contribution in [-0.2, 0) is 20.7 Å². The number of nitrogens with one attached hydrogen (secondary N) is 1. The molecular weight excluding hydrogens is 354 g/mol. The van der Waals surface area contributed by atoms with Gasteiger partial charge in [-0.05, 0) is 36.2 Å². The summed E-state index contributed by atoms with van der Waals surface area (Å²) >= 11 is 6.22. The van der Waals surface area contributed by atoms with Gasteiger partial charge in [0.15, 0.2) is 0 Å². The Balaban J connectivity index is 2.08. The van der Waals surface area contributed by atoms with Crippen LogP contribution in [0.2, 0.25) is 5.02 Å². The molecule has 0 saturated carbocycles. The topological polar surface area (TPSA) is 64.6 Å². The average molecular weight is 376 g/mol. The lowest BCUT2D eigenvalue weighted by atomic mass is 10.0. The van der Waals surface area contributed by atoms with Crippen LogP contribution in [0.1, 0.15) is 30.5 Å². The number of esters is 1. The molecule has 0 aliphatic rings. The van der Waals surface area contributed by atoms with Crippen molar-refractivity contribution in [1.29, 1.82) is 0 Å². The molecule has 0 spiro atoms. The molecule has 0 saturated heterocycles. The van der Waals surface area contributed by atoms with Crippen molar-refractivity contribution < 1.29 is 19.1 Å². The lowest BCUT2D eigenvalue weighted by Crippen LogP contribution is -2.31. The molecule has 138 valence electrons. The fourth-order valence-electron chi connectivity index (χ4n) is 2.55. The predicted octanol–water partition coefficient (Wildman–Crippen LogP) is 3.70. The van der Waals surface area contributed by atoms with E-state index in [-0.39, 0.29) is 18.7 Å². The predicted molar refractivity (Wildman–Crippen MR) is 100 cm³/mol. The first-order valence-corrected chi connectivity index (χ1v) is 8.73. The zero-order valence-electron chi connectivity index (χ0n) is 14.8. The van der Waals surface area contributed by atoms with Crippen LogP contribution in [0.4, 0.5) is 0 Å². The van der Waals surface area contributed by atoms with Gasteiger partial charge in [0.05, 0.1) is 32.6 Å². The molecule has 1 amide bonds. The summed E-state index contributed by atoms with van der Waals surface area (Å²) in [5, 5.41) is 3.36. The van der Waals surface area contributed by atoms with Crippen LogP contribution >= 0.6 is 11.6 Å². The number of methoxy groups -OCH3 is 1. The van der Waals surface area contributed by atoms with Crippen molar-refractivity contribution >= 4 is 23.5 Å². The SMILES string of the molecule is CCOc1ccc(CC(=O)NC(CC(=O)OC)c2ccccc2Cl)cc1. The lowest BCUT2D eigenvalue weighted by molar-refractivity contribution is -0.141. The molecule has 0 radical (unpaired) electrons. The van der Waals surface area contributed by atoms with E-state index in [0.717, 1.165) is 11.3 Å². The number of ether oxygens (including phenoxy) is 2. The summed E-state index contributed by atoms with van der Waals surface area (Å²) in [5.74, 6) is 0.135. The zero-order chi connectivity index (χ0) is 18.9. The van der Waals surface area contributed by atoms with Crippen LogP contribution in [0, 0.1) is 0 Å². The maximum atomic E-state index is 12.5. The summed E-state index contributed by atoms with van der Waals surface area (Å²) in [5.41, 5.74) is 1.53. The lowest BCUT2D eigenvalue weighted by Gasteiger charge is -2.19. The van der Waals surface area contributed by atoms with Gasteiger partial charge < -0.3 is 14.8 Å². The first-order valence-electron chi connectivity index (χ1n) is 8.35. The summed E-state index contributed by atoms with van der Waals surface area (Å²) in [6.45, 7) is 2.50. The molecule has 2 aromatic rings. The molecule has 1 unspecified atom stereocenters. The maximum absolute atomic E-state index is 12.5. The Kier molecular flexibility index (Phi) is 7.48. The standard InChI is InChI=1S/C20H22ClNO4/c1-3-26-15-10-8-14(9-11-15)12-19(23)22-18(13-20(24)25-2)16-6-4-5-7-17(16)21/h4-11,18H,3,12-13H2,1-2H3,(H,22,23). The maximum Gasteiger partial charge on any atom is 0.307 e. The molecule has 6 heteroatoms. The molecule has 0 aromatic heterocycles. The molecule has 2 aromatic carbocycles. The van der Waals surface area contributed by atoms with Gasteiger partial charge in [0.1, 0.15) is 5.75 Å². The second kappa shape index (κ2) is 9.82. The highest BCUT2D eigenvalue weighted by Crippen LogP contribution is 2.25. The molecule has 0 fully saturated rings. The third-order valence-electron chi connectivity index (χ3n) is 3.81. The Labute approximate surface area is 158 Å². The van der Waals surface area contributed by atoms with Crippen LogP contribution in [0.15, 0.2) is 48.5 Å². The van der Waals surface area contributed by atoms with Crippen LogP contribution in [0.5, 0.6) is 5.75 Å². The third kappa shape index (κ3) is 5.77. The Morgan fingerprint density at radius 1 is 1.12 bits per heavy atom. The molecular formula is C20H22ClNO4. The van der Waals surface area contributed by atoms with E-state index in [1.54, 1.807) is 18.2 Å². The first kappa shape index (κ1) is 19.8. The largest absolute Gasteiger partial charge is 0.494 e. The van der Waals surface area contributed by atoms with Gasteiger partial charge in [-0.3, -0.25) is 9.59 Å². The number of amides is 1. The number of halogens is 1. The van der Waals surface area contributed by atoms with E-state index in [4.69, 9.17) is 21.1 Å². The Morgan fingerprint density at radius 3 is 2.42 bits per heavy atom. The third-order valence-corrected chi connectivity index (χ3v) is 4.16. The minimum Gasteiger partial charge on any atom is -0.494 e. The summed E-state index contributed by atoms with van der Waals surface area (Å²) in [7, 11) is 1.31. The van der Waals surface area contributed by atoms with Crippen molar-refractivity contribution in [2.45, 2.75) is 25.8 Å². The van der Waals surface area contributed by atoms with E-state index in [9.17, 15) is 9.59 Å². The van der Waals surface area contributed by atoms with Gasteiger partial charge in [0.25, 0.3) is 0 Å². The molecule has 1 N–H and O–H groups in total. The number of benzene rings is 2. The monoisotopic (exact) mass is 375 g/mol. The minimum atomic E-state index is -0.550. The fraction of sp³-hybridized carbons (Fsp3) is 0.300. The van der Waals surface area contributed by atoms with Gasteiger partial charge in [0, 0.05) is 5.02 Å². The van der Waals surface area contributed by atoms with E-state index >= 15 is 0 Å². The van der Waals surface area contributed by atoms with E-state index in [0.29, 0.717) is 17.2 Å². The van der Waals surface area contributed by atoms with Crippen molar-refractivity contribution in [2.75, 3.05) is 13.7 Å². The number of hydrogen-bond donors (Lipinski definition) is 1. The molecule has 0 heterocycles. The molecule has 2 rings (SSSR count). The highest BCUT2D eigenvalue weighted by atomic mass is 35.5. The van der Waals surface area contributed by atoms with Gasteiger partial charge in [0.2, 0.25) is 5.91 Å². The van der Waals surface area contributed by atoms with Gasteiger partial charge in [-0.1, -0.05) is 41.9 Å². The number of rotatable bonds is 8. The van der Waals surface area contributed by atoms with Gasteiger partial charge in [-0.25, -0.2) is 0 Å². The zero-order valence-corrected chi connectivity index (χ0v) is 15.6. The van der Waals surface area contributed by atoms with E-state index in [1.807, 2.05) is 37.3 Å². The smallest absolute Gasteiger partial charge is 0.307 e. The second-order valence-corrected chi connectivity index (χ2v) is 6.08. The summed E-state index contributed by atoms with van der Waals surface area (Å²) in [6, 6.07) is 13.9. The molecule has 0 bridgehead atoms. The Morgan fingerprint density at radius 2 is 1.81 bits per heavy atom. The number of carbonyl (C=O) groups is 2. The van der Waals surface area contributed by atoms with Crippen molar-refractivity contribution in [1.82, 2.24) is 5.32 Å². The molecule has 26 heavy (non-hydrogen) atoms. The quantitative estimate of drug-likeness (QED) is 0.714. The van der Waals surface area contributed by atoms with Crippen molar-refractivity contribution in [3.63, 3.8) is 0 Å². The average Bonchev–Trinajstić information content (AvgIpc) is 2.63. The molecule has 1 atom stereocenters. The number of hydrogen-bond acceptors (Lipinski definition) is 4. The van der Waals surface area contributed by atoms with Crippen molar-refractivity contribution in [3.05, 3.63) is 64.7 Å². The minimum absolute atomic E-state index is 0.00918. The first-order chi connectivity index (χ1) is 12.5. The highest BCUT2D eigenvalue weighted by Gasteiger charge is 2.21. The van der Waals surface area contributed by atoms with E-state index in [1.165, 1.54) is 7.11 Å². The summed E-state index contributed by atoms with van der Waals surface area (Å²) < 4.78 is 10.1. The Bertz CT molecular complexity index is 746. The Hall–Kier alpha value is -2.53. The van der Waals surface area contributed by atoms with Crippen LogP contribution in [0.25, 0.3) is 0 Å². The highest BCUT2D eigenvalue weighted by molar-refractivity contribution is 6.31. The molecule has 0 aliphatic carbocycles. The van der Waals surface area contributed by atoms with Gasteiger partial charge in [-0.2, -0.15) is 0 Å². The van der Waals surface area contributed by atoms with Crippen LogP contribution < -0.4 is 10.1 Å². The summed E-state index contributed by atoms with van der Waals surface area (Å²) in [6.07, 6.45) is 0.198. The van der Waals surface area contributed by atoms with Crippen molar-refractivity contribution in [2.24, 2.45) is 0 Å². The fourth-order valence-corrected chi connectivity index (χ4v) is 2.81. The molecule has 0 aliphatic heterocycles.